The van der Waals surface area contributed by atoms with Gasteiger partial charge in [-0.05, 0) is 54.9 Å². The number of aromatic amines is 1. The van der Waals surface area contributed by atoms with Gasteiger partial charge in [-0.1, -0.05) is 18.2 Å². The quantitative estimate of drug-likeness (QED) is 0.435. The summed E-state index contributed by atoms with van der Waals surface area (Å²) < 4.78 is 16.7. The minimum atomic E-state index is 0.684. The number of ether oxygens (including phenoxy) is 2. The monoisotopic (exact) mass is 376 g/mol. The topological polar surface area (TPSA) is 59.4 Å². The summed E-state index contributed by atoms with van der Waals surface area (Å²) >= 11 is 0. The summed E-state index contributed by atoms with van der Waals surface area (Å²) in [5.41, 5.74) is 3.36. The lowest BCUT2D eigenvalue weighted by molar-refractivity contribution is 0.414. The van der Waals surface area contributed by atoms with E-state index in [-0.39, 0.29) is 0 Å². The molecule has 4 rings (SSSR count). The number of H-pyrrole nitrogens is 1. The summed E-state index contributed by atoms with van der Waals surface area (Å²) in [6, 6.07) is 17.9. The molecule has 0 spiro atoms. The Bertz CT molecular complexity index is 1060. The van der Waals surface area contributed by atoms with Crippen molar-refractivity contribution in [3.8, 4) is 22.8 Å². The highest BCUT2D eigenvalue weighted by atomic mass is 16.5. The van der Waals surface area contributed by atoms with Crippen molar-refractivity contribution in [3.05, 3.63) is 72.1 Å². The van der Waals surface area contributed by atoms with Gasteiger partial charge < -0.3 is 24.2 Å². The second kappa shape index (κ2) is 8.23. The maximum Gasteiger partial charge on any atom is 0.134 e. The number of fused-ring (bicyclic) bond motifs is 1. The molecule has 0 saturated heterocycles. The van der Waals surface area contributed by atoms with Crippen LogP contribution < -0.4 is 14.8 Å². The minimum Gasteiger partial charge on any atom is -0.497 e. The summed E-state index contributed by atoms with van der Waals surface area (Å²) in [7, 11) is 3.38. The molecule has 2 N–H and O–H groups in total. The Hall–Kier alpha value is -3.18. The van der Waals surface area contributed by atoms with Gasteiger partial charge in [-0.25, -0.2) is 0 Å². The lowest BCUT2D eigenvalue weighted by atomic mass is 10.1. The second-order valence-electron chi connectivity index (χ2n) is 6.62. The molecular formula is C23H24N2O3. The average Bonchev–Trinajstić information content (AvgIpc) is 3.38. The van der Waals surface area contributed by atoms with Gasteiger partial charge >= 0.3 is 0 Å². The van der Waals surface area contributed by atoms with Gasteiger partial charge in [0.1, 0.15) is 23.0 Å². The molecule has 0 fully saturated rings. The van der Waals surface area contributed by atoms with Crippen LogP contribution in [0.5, 0.6) is 11.5 Å². The Kier molecular flexibility index (Phi) is 5.35. The highest BCUT2D eigenvalue weighted by molar-refractivity contribution is 5.89. The molecule has 0 unspecified atom stereocenters. The Labute approximate surface area is 164 Å². The first kappa shape index (κ1) is 18.2. The van der Waals surface area contributed by atoms with Crippen LogP contribution in [0.2, 0.25) is 0 Å². The van der Waals surface area contributed by atoms with Crippen LogP contribution in [0, 0.1) is 0 Å². The van der Waals surface area contributed by atoms with Gasteiger partial charge in [0, 0.05) is 22.7 Å². The van der Waals surface area contributed by atoms with E-state index in [2.05, 4.69) is 22.6 Å². The van der Waals surface area contributed by atoms with E-state index in [1.54, 1.807) is 14.2 Å². The largest absolute Gasteiger partial charge is 0.497 e. The van der Waals surface area contributed by atoms with Gasteiger partial charge in [0.05, 0.1) is 20.8 Å². The molecule has 5 nitrogen and oxygen atoms in total. The number of aromatic nitrogens is 1. The fourth-order valence-electron chi connectivity index (χ4n) is 3.43. The van der Waals surface area contributed by atoms with Crippen molar-refractivity contribution in [2.24, 2.45) is 0 Å². The van der Waals surface area contributed by atoms with Gasteiger partial charge in [0.25, 0.3) is 0 Å². The maximum absolute atomic E-state index is 5.97. The standard InChI is InChI=1S/C23H24N2O3/c1-26-18-6-3-5-16(13-18)21-10-9-19(28-21)15-24-12-11-17-14-25-20-7-4-8-22(27-2)23(17)20/h3-10,13-14,24-25H,11-12,15H2,1-2H3. The normalized spacial score (nSPS) is 11.1. The van der Waals surface area contributed by atoms with Crippen molar-refractivity contribution in [3.63, 3.8) is 0 Å². The molecule has 0 aliphatic carbocycles. The van der Waals surface area contributed by atoms with E-state index < -0.39 is 0 Å². The SMILES string of the molecule is COc1cccc(-c2ccc(CNCCc3c[nH]c4cccc(OC)c34)o2)c1. The molecule has 0 radical (unpaired) electrons. The minimum absolute atomic E-state index is 0.684. The Balaban J connectivity index is 1.36. The third-order valence-corrected chi connectivity index (χ3v) is 4.86. The molecule has 2 heterocycles. The number of rotatable bonds is 8. The first-order valence-corrected chi connectivity index (χ1v) is 9.35. The first-order chi connectivity index (χ1) is 13.8. The summed E-state index contributed by atoms with van der Waals surface area (Å²) in [6.45, 7) is 1.53. The summed E-state index contributed by atoms with van der Waals surface area (Å²) in [5.74, 6) is 3.48. The Morgan fingerprint density at radius 3 is 2.75 bits per heavy atom. The summed E-state index contributed by atoms with van der Waals surface area (Å²) in [4.78, 5) is 3.32. The van der Waals surface area contributed by atoms with Crippen molar-refractivity contribution >= 4 is 10.9 Å². The van der Waals surface area contributed by atoms with Crippen LogP contribution in [0.15, 0.2) is 65.2 Å². The fraction of sp³-hybridized carbons (Fsp3) is 0.217. The molecule has 0 atom stereocenters. The van der Waals surface area contributed by atoms with Crippen molar-refractivity contribution in [2.45, 2.75) is 13.0 Å². The summed E-state index contributed by atoms with van der Waals surface area (Å²) in [6.07, 6.45) is 2.96. The molecule has 5 heteroatoms. The van der Waals surface area contributed by atoms with Crippen LogP contribution in [-0.4, -0.2) is 25.7 Å². The molecule has 28 heavy (non-hydrogen) atoms. The van der Waals surface area contributed by atoms with Crippen molar-refractivity contribution in [1.29, 1.82) is 0 Å². The van der Waals surface area contributed by atoms with Crippen molar-refractivity contribution in [2.75, 3.05) is 20.8 Å². The van der Waals surface area contributed by atoms with E-state index in [0.717, 1.165) is 52.5 Å². The zero-order valence-electron chi connectivity index (χ0n) is 16.1. The Morgan fingerprint density at radius 1 is 1.00 bits per heavy atom. The highest BCUT2D eigenvalue weighted by Gasteiger charge is 2.09. The van der Waals surface area contributed by atoms with E-state index in [1.165, 1.54) is 5.56 Å². The molecule has 4 aromatic rings. The third kappa shape index (κ3) is 3.75. The average molecular weight is 376 g/mol. The van der Waals surface area contributed by atoms with Crippen LogP contribution >= 0.6 is 0 Å². The molecule has 0 amide bonds. The summed E-state index contributed by atoms with van der Waals surface area (Å²) in [5, 5.41) is 4.61. The first-order valence-electron chi connectivity index (χ1n) is 9.35. The second-order valence-corrected chi connectivity index (χ2v) is 6.62. The van der Waals surface area contributed by atoms with Crippen LogP contribution in [0.1, 0.15) is 11.3 Å². The molecular weight excluding hydrogens is 352 g/mol. The maximum atomic E-state index is 5.97. The molecule has 0 bridgehead atoms. The predicted molar refractivity (Wildman–Crippen MR) is 111 cm³/mol. The number of benzene rings is 2. The third-order valence-electron chi connectivity index (χ3n) is 4.86. The van der Waals surface area contributed by atoms with E-state index >= 15 is 0 Å². The van der Waals surface area contributed by atoms with Gasteiger partial charge in [-0.2, -0.15) is 0 Å². The molecule has 2 aromatic heterocycles. The number of methoxy groups -OCH3 is 2. The number of hydrogen-bond donors (Lipinski definition) is 2. The van der Waals surface area contributed by atoms with Crippen LogP contribution in [0.25, 0.3) is 22.2 Å². The predicted octanol–water partition coefficient (Wildman–Crippen LogP) is 4.78. The lowest BCUT2D eigenvalue weighted by Crippen LogP contribution is -2.16. The lowest BCUT2D eigenvalue weighted by Gasteiger charge is -2.06. The van der Waals surface area contributed by atoms with Crippen molar-refractivity contribution in [1.82, 2.24) is 10.3 Å². The van der Waals surface area contributed by atoms with Crippen LogP contribution in [-0.2, 0) is 13.0 Å². The zero-order valence-corrected chi connectivity index (χ0v) is 16.1. The molecule has 2 aromatic carbocycles. The number of hydrogen-bond acceptors (Lipinski definition) is 4. The van der Waals surface area contributed by atoms with Crippen molar-refractivity contribution < 1.29 is 13.9 Å². The smallest absolute Gasteiger partial charge is 0.134 e. The van der Waals surface area contributed by atoms with Crippen LogP contribution in [0.4, 0.5) is 0 Å². The number of furan rings is 1. The molecule has 0 aliphatic rings. The van der Waals surface area contributed by atoms with Gasteiger partial charge in [-0.3, -0.25) is 0 Å². The van der Waals surface area contributed by atoms with Gasteiger partial charge in [-0.15, -0.1) is 0 Å². The zero-order chi connectivity index (χ0) is 19.3. The van der Waals surface area contributed by atoms with Gasteiger partial charge in [0.15, 0.2) is 0 Å². The Morgan fingerprint density at radius 2 is 1.89 bits per heavy atom. The van der Waals surface area contributed by atoms with Crippen LogP contribution in [0.3, 0.4) is 0 Å². The van der Waals surface area contributed by atoms with E-state index in [4.69, 9.17) is 13.9 Å². The van der Waals surface area contributed by atoms with E-state index in [1.807, 2.05) is 48.5 Å². The molecule has 0 saturated carbocycles. The molecule has 144 valence electrons. The number of nitrogens with one attached hydrogen (secondary N) is 2. The highest BCUT2D eigenvalue weighted by Crippen LogP contribution is 2.29. The fourth-order valence-corrected chi connectivity index (χ4v) is 3.43. The van der Waals surface area contributed by atoms with E-state index in [0.29, 0.717) is 6.54 Å². The van der Waals surface area contributed by atoms with Gasteiger partial charge in [0.2, 0.25) is 0 Å². The van der Waals surface area contributed by atoms with E-state index in [9.17, 15) is 0 Å². The molecule has 0 aliphatic heterocycles.